The van der Waals surface area contributed by atoms with Crippen LogP contribution in [0.15, 0.2) is 36.7 Å². The Kier molecular flexibility index (Phi) is 4.65. The molecule has 0 aliphatic heterocycles. The number of aromatic nitrogens is 2. The van der Waals surface area contributed by atoms with E-state index in [4.69, 9.17) is 0 Å². The summed E-state index contributed by atoms with van der Waals surface area (Å²) < 4.78 is 28.1. The van der Waals surface area contributed by atoms with Gasteiger partial charge in [-0.3, -0.25) is 4.79 Å². The zero-order valence-electron chi connectivity index (χ0n) is 10.5. The van der Waals surface area contributed by atoms with Gasteiger partial charge in [0.1, 0.15) is 11.6 Å². The highest BCUT2D eigenvalue weighted by molar-refractivity contribution is 5.94. The molecule has 1 aromatic carbocycles. The molecule has 0 spiro atoms. The van der Waals surface area contributed by atoms with Crippen LogP contribution < -0.4 is 10.1 Å². The summed E-state index contributed by atoms with van der Waals surface area (Å²) in [5, 5.41) is 2.71. The molecule has 0 atom stereocenters. The average Bonchev–Trinajstić information content (AvgIpc) is 2.92. The van der Waals surface area contributed by atoms with Gasteiger partial charge in [0.25, 0.3) is 5.91 Å². The Labute approximate surface area is 114 Å². The number of alkyl halides is 2. The minimum absolute atomic E-state index is 0.0205. The number of ether oxygens (including phenoxy) is 1. The summed E-state index contributed by atoms with van der Waals surface area (Å²) in [6, 6.07) is 5.51. The second kappa shape index (κ2) is 6.65. The van der Waals surface area contributed by atoms with Crippen LogP contribution in [0.2, 0.25) is 0 Å². The van der Waals surface area contributed by atoms with Gasteiger partial charge in [0.2, 0.25) is 0 Å². The van der Waals surface area contributed by atoms with Gasteiger partial charge in [-0.25, -0.2) is 4.98 Å². The van der Waals surface area contributed by atoms with E-state index in [-0.39, 0.29) is 11.7 Å². The fourth-order valence-corrected chi connectivity index (χ4v) is 1.62. The zero-order valence-corrected chi connectivity index (χ0v) is 10.5. The molecule has 2 rings (SSSR count). The summed E-state index contributed by atoms with van der Waals surface area (Å²) in [6.07, 6.45) is 3.93. The third-order valence-corrected chi connectivity index (χ3v) is 2.54. The van der Waals surface area contributed by atoms with Crippen molar-refractivity contribution in [3.8, 4) is 5.75 Å². The van der Waals surface area contributed by atoms with Crippen LogP contribution in [0.1, 0.15) is 16.2 Å². The number of imidazole rings is 1. The number of aromatic amines is 1. The van der Waals surface area contributed by atoms with E-state index in [0.717, 1.165) is 5.82 Å². The summed E-state index contributed by atoms with van der Waals surface area (Å²) in [4.78, 5) is 18.7. The van der Waals surface area contributed by atoms with Crippen molar-refractivity contribution in [1.82, 2.24) is 15.3 Å². The van der Waals surface area contributed by atoms with Crippen LogP contribution in [-0.4, -0.2) is 29.0 Å². The number of nitrogens with one attached hydrogen (secondary N) is 2. The number of halogens is 2. The van der Waals surface area contributed by atoms with Crippen LogP contribution in [0.5, 0.6) is 5.75 Å². The molecule has 0 unspecified atom stereocenters. The van der Waals surface area contributed by atoms with Crippen molar-refractivity contribution in [2.75, 3.05) is 6.54 Å². The molecular weight excluding hydrogens is 268 g/mol. The smallest absolute Gasteiger partial charge is 0.387 e. The van der Waals surface area contributed by atoms with Crippen LogP contribution in [0.3, 0.4) is 0 Å². The lowest BCUT2D eigenvalue weighted by atomic mass is 10.2. The minimum atomic E-state index is -2.87. The Bertz CT molecular complexity index is 541. The lowest BCUT2D eigenvalue weighted by Crippen LogP contribution is -2.25. The maximum Gasteiger partial charge on any atom is 0.387 e. The summed E-state index contributed by atoms with van der Waals surface area (Å²) in [5.74, 6) is 0.526. The summed E-state index contributed by atoms with van der Waals surface area (Å²) in [7, 11) is 0. The molecule has 7 heteroatoms. The third-order valence-electron chi connectivity index (χ3n) is 2.54. The number of hydrogen-bond donors (Lipinski definition) is 2. The highest BCUT2D eigenvalue weighted by Gasteiger charge is 2.07. The van der Waals surface area contributed by atoms with Crippen molar-refractivity contribution < 1.29 is 18.3 Å². The van der Waals surface area contributed by atoms with Gasteiger partial charge in [0.15, 0.2) is 0 Å². The first-order valence-electron chi connectivity index (χ1n) is 5.96. The van der Waals surface area contributed by atoms with E-state index in [9.17, 15) is 13.6 Å². The Morgan fingerprint density at radius 2 is 2.10 bits per heavy atom. The van der Waals surface area contributed by atoms with Gasteiger partial charge in [0, 0.05) is 30.9 Å². The first kappa shape index (κ1) is 14.0. The molecule has 0 aliphatic carbocycles. The predicted molar refractivity (Wildman–Crippen MR) is 67.7 cm³/mol. The first-order chi connectivity index (χ1) is 9.65. The van der Waals surface area contributed by atoms with E-state index < -0.39 is 6.61 Å². The molecule has 0 saturated carbocycles. The second-order valence-electron chi connectivity index (χ2n) is 3.94. The number of nitrogens with zero attached hydrogens (tertiary/aromatic N) is 1. The number of H-pyrrole nitrogens is 1. The van der Waals surface area contributed by atoms with Crippen molar-refractivity contribution >= 4 is 5.91 Å². The standard InChI is InChI=1S/C13H13F2N3O2/c14-13(15)20-10-3-1-9(2-4-10)12(19)18-6-5-11-16-7-8-17-11/h1-4,7-8,13H,5-6H2,(H,16,17)(H,18,19). The van der Waals surface area contributed by atoms with Crippen LogP contribution in [0.4, 0.5) is 8.78 Å². The normalized spacial score (nSPS) is 10.6. The fourth-order valence-electron chi connectivity index (χ4n) is 1.62. The maximum absolute atomic E-state index is 12.0. The van der Waals surface area contributed by atoms with E-state index >= 15 is 0 Å². The molecule has 0 saturated heterocycles. The quantitative estimate of drug-likeness (QED) is 0.851. The van der Waals surface area contributed by atoms with Crippen LogP contribution in [0, 0.1) is 0 Å². The van der Waals surface area contributed by atoms with Gasteiger partial charge in [0.05, 0.1) is 0 Å². The largest absolute Gasteiger partial charge is 0.435 e. The SMILES string of the molecule is O=C(NCCc1ncc[nH]1)c1ccc(OC(F)F)cc1. The molecule has 0 aliphatic rings. The zero-order chi connectivity index (χ0) is 14.4. The molecule has 20 heavy (non-hydrogen) atoms. The van der Waals surface area contributed by atoms with Gasteiger partial charge >= 0.3 is 6.61 Å². The highest BCUT2D eigenvalue weighted by Crippen LogP contribution is 2.14. The Balaban J connectivity index is 1.82. The van der Waals surface area contributed by atoms with E-state index in [1.807, 2.05) is 0 Å². The van der Waals surface area contributed by atoms with Crippen molar-refractivity contribution in [3.63, 3.8) is 0 Å². The summed E-state index contributed by atoms with van der Waals surface area (Å²) in [5.41, 5.74) is 0.381. The molecule has 1 amide bonds. The topological polar surface area (TPSA) is 67.0 Å². The lowest BCUT2D eigenvalue weighted by molar-refractivity contribution is -0.0498. The van der Waals surface area contributed by atoms with Gasteiger partial charge < -0.3 is 15.0 Å². The number of hydrogen-bond acceptors (Lipinski definition) is 3. The molecule has 2 aromatic rings. The van der Waals surface area contributed by atoms with Crippen molar-refractivity contribution in [2.45, 2.75) is 13.0 Å². The molecular formula is C13H13F2N3O2. The van der Waals surface area contributed by atoms with Crippen molar-refractivity contribution in [1.29, 1.82) is 0 Å². The van der Waals surface area contributed by atoms with Crippen molar-refractivity contribution in [3.05, 3.63) is 48.0 Å². The summed E-state index contributed by atoms with van der Waals surface area (Å²) in [6.45, 7) is -2.44. The van der Waals surface area contributed by atoms with Gasteiger partial charge in [-0.2, -0.15) is 8.78 Å². The molecule has 0 fully saturated rings. The number of rotatable bonds is 6. The predicted octanol–water partition coefficient (Wildman–Crippen LogP) is 1.98. The second-order valence-corrected chi connectivity index (χ2v) is 3.94. The van der Waals surface area contributed by atoms with E-state index in [1.165, 1.54) is 24.3 Å². The Hall–Kier alpha value is -2.44. The molecule has 5 nitrogen and oxygen atoms in total. The number of benzene rings is 1. The number of amides is 1. The number of carbonyl (C=O) groups excluding carboxylic acids is 1. The van der Waals surface area contributed by atoms with Gasteiger partial charge in [-0.05, 0) is 24.3 Å². The lowest BCUT2D eigenvalue weighted by Gasteiger charge is -2.06. The van der Waals surface area contributed by atoms with Gasteiger partial charge in [-0.1, -0.05) is 0 Å². The van der Waals surface area contributed by atoms with Crippen LogP contribution in [-0.2, 0) is 6.42 Å². The van der Waals surface area contributed by atoms with Crippen LogP contribution >= 0.6 is 0 Å². The molecule has 0 radical (unpaired) electrons. The van der Waals surface area contributed by atoms with E-state index in [0.29, 0.717) is 18.5 Å². The Morgan fingerprint density at radius 1 is 1.35 bits per heavy atom. The maximum atomic E-state index is 12.0. The number of carbonyl (C=O) groups is 1. The van der Waals surface area contributed by atoms with E-state index in [2.05, 4.69) is 20.0 Å². The monoisotopic (exact) mass is 281 g/mol. The van der Waals surface area contributed by atoms with Gasteiger partial charge in [-0.15, -0.1) is 0 Å². The third kappa shape index (κ3) is 4.04. The Morgan fingerprint density at radius 3 is 2.70 bits per heavy atom. The molecule has 106 valence electrons. The minimum Gasteiger partial charge on any atom is -0.435 e. The molecule has 1 aromatic heterocycles. The molecule has 0 bridgehead atoms. The molecule has 1 heterocycles. The molecule has 2 N–H and O–H groups in total. The average molecular weight is 281 g/mol. The van der Waals surface area contributed by atoms with E-state index in [1.54, 1.807) is 12.4 Å². The van der Waals surface area contributed by atoms with Crippen LogP contribution in [0.25, 0.3) is 0 Å². The van der Waals surface area contributed by atoms with Crippen molar-refractivity contribution in [2.24, 2.45) is 0 Å². The summed E-state index contributed by atoms with van der Waals surface area (Å²) >= 11 is 0. The highest BCUT2D eigenvalue weighted by atomic mass is 19.3. The first-order valence-corrected chi connectivity index (χ1v) is 5.96. The fraction of sp³-hybridized carbons (Fsp3) is 0.231.